The predicted molar refractivity (Wildman–Crippen MR) is 67.8 cm³/mol. The highest BCUT2D eigenvalue weighted by atomic mass is 15.0. The van der Waals surface area contributed by atoms with E-state index in [1.807, 2.05) is 30.6 Å². The van der Waals surface area contributed by atoms with Gasteiger partial charge in [0.05, 0.1) is 0 Å². The van der Waals surface area contributed by atoms with Crippen LogP contribution in [0.25, 0.3) is 0 Å². The molecular formula is C13H16N4. The number of nitrogens with one attached hydrogen (secondary N) is 1. The maximum atomic E-state index is 4.18. The third kappa shape index (κ3) is 3.52. The molecule has 0 amide bonds. The van der Waals surface area contributed by atoms with E-state index in [9.17, 15) is 0 Å². The minimum absolute atomic E-state index is 0.865. The van der Waals surface area contributed by atoms with E-state index in [1.165, 1.54) is 5.56 Å². The molecule has 0 aliphatic rings. The van der Waals surface area contributed by atoms with Crippen molar-refractivity contribution in [3.05, 3.63) is 48.2 Å². The average molecular weight is 228 g/mol. The van der Waals surface area contributed by atoms with E-state index in [1.54, 1.807) is 6.33 Å². The molecule has 4 nitrogen and oxygen atoms in total. The van der Waals surface area contributed by atoms with Crippen LogP contribution >= 0.6 is 0 Å². The molecule has 17 heavy (non-hydrogen) atoms. The topological polar surface area (TPSA) is 50.7 Å². The molecule has 2 rings (SSSR count). The van der Waals surface area contributed by atoms with Crippen molar-refractivity contribution in [2.45, 2.75) is 19.8 Å². The van der Waals surface area contributed by atoms with Gasteiger partial charge in [-0.3, -0.25) is 4.98 Å². The molecule has 1 N–H and O–H groups in total. The third-order valence-corrected chi connectivity index (χ3v) is 2.56. The Bertz CT molecular complexity index is 456. The second-order valence-electron chi connectivity index (χ2n) is 3.78. The molecule has 0 atom stereocenters. The maximum absolute atomic E-state index is 4.18. The molecule has 0 spiro atoms. The van der Waals surface area contributed by atoms with Gasteiger partial charge in [0, 0.05) is 30.7 Å². The van der Waals surface area contributed by atoms with Crippen LogP contribution < -0.4 is 5.32 Å². The SMILES string of the molecule is CCc1cc(NCCc2ccncc2)ncn1. The molecule has 0 aromatic carbocycles. The van der Waals surface area contributed by atoms with E-state index < -0.39 is 0 Å². The maximum Gasteiger partial charge on any atom is 0.129 e. The molecule has 2 heterocycles. The van der Waals surface area contributed by atoms with Crippen molar-refractivity contribution in [1.29, 1.82) is 0 Å². The first-order valence-corrected chi connectivity index (χ1v) is 5.82. The number of pyridine rings is 1. The Kier molecular flexibility index (Phi) is 4.02. The molecule has 0 saturated heterocycles. The molecule has 0 aliphatic heterocycles. The zero-order chi connectivity index (χ0) is 11.9. The standard InChI is InChI=1S/C13H16N4/c1-2-12-9-13(17-10-16-12)15-8-5-11-3-6-14-7-4-11/h3-4,6-7,9-10H,2,5,8H2,1H3,(H,15,16,17). The van der Waals surface area contributed by atoms with Gasteiger partial charge in [0.15, 0.2) is 0 Å². The Balaban J connectivity index is 1.86. The zero-order valence-electron chi connectivity index (χ0n) is 9.93. The Morgan fingerprint density at radius 2 is 2.00 bits per heavy atom. The first-order valence-electron chi connectivity index (χ1n) is 5.82. The van der Waals surface area contributed by atoms with Crippen LogP contribution in [0.3, 0.4) is 0 Å². The van der Waals surface area contributed by atoms with Gasteiger partial charge in [-0.05, 0) is 30.5 Å². The van der Waals surface area contributed by atoms with Gasteiger partial charge in [-0.1, -0.05) is 6.92 Å². The largest absolute Gasteiger partial charge is 0.370 e. The van der Waals surface area contributed by atoms with Crippen molar-refractivity contribution in [2.75, 3.05) is 11.9 Å². The van der Waals surface area contributed by atoms with Crippen molar-refractivity contribution < 1.29 is 0 Å². The normalized spacial score (nSPS) is 10.2. The Morgan fingerprint density at radius 3 is 2.76 bits per heavy atom. The van der Waals surface area contributed by atoms with Crippen LogP contribution in [0.2, 0.25) is 0 Å². The number of rotatable bonds is 5. The van der Waals surface area contributed by atoms with Crippen LogP contribution in [0.15, 0.2) is 36.9 Å². The predicted octanol–water partition coefficient (Wildman–Crippen LogP) is 2.09. The molecule has 2 aromatic heterocycles. The van der Waals surface area contributed by atoms with Crippen molar-refractivity contribution in [1.82, 2.24) is 15.0 Å². The van der Waals surface area contributed by atoms with Crippen LogP contribution in [0.5, 0.6) is 0 Å². The van der Waals surface area contributed by atoms with Crippen molar-refractivity contribution in [3.63, 3.8) is 0 Å². The summed E-state index contributed by atoms with van der Waals surface area (Å²) in [6.07, 6.45) is 7.13. The van der Waals surface area contributed by atoms with E-state index >= 15 is 0 Å². The number of anilines is 1. The molecule has 0 unspecified atom stereocenters. The van der Waals surface area contributed by atoms with Crippen molar-refractivity contribution in [3.8, 4) is 0 Å². The summed E-state index contributed by atoms with van der Waals surface area (Å²) >= 11 is 0. The average Bonchev–Trinajstić information content (AvgIpc) is 2.40. The lowest BCUT2D eigenvalue weighted by atomic mass is 10.2. The molecule has 0 fully saturated rings. The Labute approximate surface area is 101 Å². The molecule has 0 aliphatic carbocycles. The van der Waals surface area contributed by atoms with Crippen molar-refractivity contribution >= 4 is 5.82 Å². The fourth-order valence-electron chi connectivity index (χ4n) is 1.57. The zero-order valence-corrected chi connectivity index (χ0v) is 9.93. The summed E-state index contributed by atoms with van der Waals surface area (Å²) in [7, 11) is 0. The monoisotopic (exact) mass is 228 g/mol. The minimum atomic E-state index is 0.865. The van der Waals surface area contributed by atoms with Gasteiger partial charge < -0.3 is 5.32 Å². The van der Waals surface area contributed by atoms with E-state index in [0.29, 0.717) is 0 Å². The van der Waals surface area contributed by atoms with Crippen LogP contribution in [-0.2, 0) is 12.8 Å². The quantitative estimate of drug-likeness (QED) is 0.851. The van der Waals surface area contributed by atoms with Gasteiger partial charge in [-0.15, -0.1) is 0 Å². The Morgan fingerprint density at radius 1 is 1.18 bits per heavy atom. The number of hydrogen-bond donors (Lipinski definition) is 1. The van der Waals surface area contributed by atoms with Gasteiger partial charge in [0.25, 0.3) is 0 Å². The molecule has 4 heteroatoms. The minimum Gasteiger partial charge on any atom is -0.370 e. The number of aryl methyl sites for hydroxylation is 1. The lowest BCUT2D eigenvalue weighted by Gasteiger charge is -2.06. The molecule has 0 bridgehead atoms. The van der Waals surface area contributed by atoms with Gasteiger partial charge in [0.2, 0.25) is 0 Å². The first kappa shape index (κ1) is 11.5. The molecule has 0 saturated carbocycles. The van der Waals surface area contributed by atoms with Crippen molar-refractivity contribution in [2.24, 2.45) is 0 Å². The molecular weight excluding hydrogens is 212 g/mol. The van der Waals surface area contributed by atoms with Crippen LogP contribution in [0.4, 0.5) is 5.82 Å². The highest BCUT2D eigenvalue weighted by Gasteiger charge is 1.97. The summed E-state index contributed by atoms with van der Waals surface area (Å²) in [5.74, 6) is 0.894. The fourth-order valence-corrected chi connectivity index (χ4v) is 1.57. The second kappa shape index (κ2) is 5.94. The van der Waals surface area contributed by atoms with Crippen LogP contribution in [0.1, 0.15) is 18.2 Å². The summed E-state index contributed by atoms with van der Waals surface area (Å²) in [4.78, 5) is 12.3. The lowest BCUT2D eigenvalue weighted by Crippen LogP contribution is -2.07. The van der Waals surface area contributed by atoms with E-state index in [-0.39, 0.29) is 0 Å². The smallest absolute Gasteiger partial charge is 0.129 e. The molecule has 2 aromatic rings. The highest BCUT2D eigenvalue weighted by Crippen LogP contribution is 2.05. The highest BCUT2D eigenvalue weighted by molar-refractivity contribution is 5.35. The van der Waals surface area contributed by atoms with Crippen LogP contribution in [-0.4, -0.2) is 21.5 Å². The summed E-state index contributed by atoms with van der Waals surface area (Å²) in [5, 5.41) is 3.30. The van der Waals surface area contributed by atoms with Gasteiger partial charge >= 0.3 is 0 Å². The third-order valence-electron chi connectivity index (χ3n) is 2.56. The van der Waals surface area contributed by atoms with E-state index in [2.05, 4.69) is 27.2 Å². The Hall–Kier alpha value is -1.97. The number of hydrogen-bond acceptors (Lipinski definition) is 4. The number of nitrogens with zero attached hydrogens (tertiary/aromatic N) is 3. The molecule has 0 radical (unpaired) electrons. The summed E-state index contributed by atoms with van der Waals surface area (Å²) < 4.78 is 0. The molecule has 88 valence electrons. The fraction of sp³-hybridized carbons (Fsp3) is 0.308. The van der Waals surface area contributed by atoms with E-state index in [0.717, 1.165) is 30.9 Å². The summed E-state index contributed by atoms with van der Waals surface area (Å²) in [6, 6.07) is 6.05. The summed E-state index contributed by atoms with van der Waals surface area (Å²) in [6.45, 7) is 2.95. The lowest BCUT2D eigenvalue weighted by molar-refractivity contribution is 0.965. The van der Waals surface area contributed by atoms with E-state index in [4.69, 9.17) is 0 Å². The van der Waals surface area contributed by atoms with Gasteiger partial charge in [-0.2, -0.15) is 0 Å². The first-order chi connectivity index (χ1) is 8.38. The van der Waals surface area contributed by atoms with Gasteiger partial charge in [0.1, 0.15) is 12.1 Å². The second-order valence-corrected chi connectivity index (χ2v) is 3.78. The van der Waals surface area contributed by atoms with Crippen LogP contribution in [0, 0.1) is 0 Å². The summed E-state index contributed by atoms with van der Waals surface area (Å²) in [5.41, 5.74) is 2.34. The van der Waals surface area contributed by atoms with Gasteiger partial charge in [-0.25, -0.2) is 9.97 Å². The number of aromatic nitrogens is 3.